The Bertz CT molecular complexity index is 1640. The molecule has 0 aliphatic heterocycles. The van der Waals surface area contributed by atoms with E-state index >= 15 is 0 Å². The molecule has 1 unspecified atom stereocenters. The van der Waals surface area contributed by atoms with Gasteiger partial charge in [0.1, 0.15) is 13.2 Å². The van der Waals surface area contributed by atoms with Crippen LogP contribution >= 0.6 is 0 Å². The molecular weight excluding hydrogens is 620 g/mol. The Hall–Kier alpha value is -5.09. The van der Waals surface area contributed by atoms with Gasteiger partial charge in [0.2, 0.25) is 5.91 Å². The van der Waals surface area contributed by atoms with Crippen LogP contribution in [0.2, 0.25) is 0 Å². The Balaban J connectivity index is 0.000000183. The summed E-state index contributed by atoms with van der Waals surface area (Å²) in [7, 11) is 2.95. The molecule has 0 fully saturated rings. The molecule has 1 amide bonds. The molecule has 3 aliphatic rings. The summed E-state index contributed by atoms with van der Waals surface area (Å²) in [6.45, 7) is 2.30. The largest absolute Gasteiger partial charge is 0.464 e. The second-order valence-electron chi connectivity index (χ2n) is 11.6. The summed E-state index contributed by atoms with van der Waals surface area (Å²) in [6, 6.07) is 24.1. The molecule has 5 N–H and O–H groups in total. The Morgan fingerprint density at radius 1 is 0.714 bits per heavy atom. The van der Waals surface area contributed by atoms with Crippen LogP contribution in [0.15, 0.2) is 54.6 Å². The predicted octanol–water partition coefficient (Wildman–Crippen LogP) is 4.51. The monoisotopic (exact) mass is 664 g/mol. The van der Waals surface area contributed by atoms with Gasteiger partial charge in [-0.25, -0.2) is 4.79 Å². The number of amides is 1. The number of hydrogen-bond donors (Lipinski definition) is 3. The number of hydrogen-bond acceptors (Lipinski definition) is 10. The first-order valence-electron chi connectivity index (χ1n) is 16.2. The second kappa shape index (κ2) is 19.7. The van der Waals surface area contributed by atoms with Gasteiger partial charge in [-0.15, -0.1) is 0 Å². The molecule has 49 heavy (non-hydrogen) atoms. The van der Waals surface area contributed by atoms with Gasteiger partial charge in [-0.3, -0.25) is 4.79 Å². The van der Waals surface area contributed by atoms with Gasteiger partial charge in [0.25, 0.3) is 0 Å². The summed E-state index contributed by atoms with van der Waals surface area (Å²) < 4.78 is 13.8. The summed E-state index contributed by atoms with van der Waals surface area (Å²) in [4.78, 5) is 21.8. The van der Waals surface area contributed by atoms with Gasteiger partial charge in [0, 0.05) is 26.3 Å². The van der Waals surface area contributed by atoms with Gasteiger partial charge in [0.05, 0.1) is 47.5 Å². The molecule has 0 heterocycles. The molecular formula is C38H44N6O5. The second-order valence-corrected chi connectivity index (χ2v) is 11.6. The molecule has 0 spiro atoms. The highest BCUT2D eigenvalue weighted by Gasteiger charge is 2.26. The summed E-state index contributed by atoms with van der Waals surface area (Å²) in [5.74, 6) is -0.428. The van der Waals surface area contributed by atoms with Crippen LogP contribution in [-0.4, -0.2) is 45.9 Å². The number of nitrogens with two attached hydrogens (primary N) is 2. The normalized spacial score (nSPS) is 17.3. The molecule has 0 saturated heterocycles. The lowest BCUT2D eigenvalue weighted by Gasteiger charge is -2.13. The Morgan fingerprint density at radius 3 is 1.57 bits per heavy atom. The fraction of sp³-hybridized carbons (Fsp3) is 0.395. The molecule has 0 aromatic heterocycles. The lowest BCUT2D eigenvalue weighted by atomic mass is 10.0. The van der Waals surface area contributed by atoms with Crippen molar-refractivity contribution in [2.45, 2.75) is 63.6 Å². The van der Waals surface area contributed by atoms with Crippen molar-refractivity contribution in [2.75, 3.05) is 34.0 Å². The molecule has 256 valence electrons. The average Bonchev–Trinajstić information content (AvgIpc) is 3.82. The molecule has 6 rings (SSSR count). The molecule has 0 radical (unpaired) electrons. The lowest BCUT2D eigenvalue weighted by molar-refractivity contribution is -0.147. The number of nitrogens with one attached hydrogen (secondary N) is 1. The molecule has 3 aromatic rings. The number of ether oxygens (including phenoxy) is 3. The number of nitrogens with zero attached hydrogens (tertiary/aromatic N) is 3. The highest BCUT2D eigenvalue weighted by atomic mass is 16.6. The summed E-state index contributed by atoms with van der Waals surface area (Å²) >= 11 is 0. The molecule has 3 atom stereocenters. The van der Waals surface area contributed by atoms with E-state index < -0.39 is 0 Å². The minimum Gasteiger partial charge on any atom is -0.464 e. The summed E-state index contributed by atoms with van der Waals surface area (Å²) in [5.41, 5.74) is 20.8. The summed E-state index contributed by atoms with van der Waals surface area (Å²) in [6.07, 6.45) is 5.57. The number of esters is 1. The minimum atomic E-state index is -0.310. The first-order chi connectivity index (χ1) is 23.7. The zero-order valence-electron chi connectivity index (χ0n) is 28.3. The lowest BCUT2D eigenvalue weighted by Crippen LogP contribution is -2.30. The first kappa shape index (κ1) is 38.4. The van der Waals surface area contributed by atoms with Crippen LogP contribution in [0.5, 0.6) is 0 Å². The summed E-state index contributed by atoms with van der Waals surface area (Å²) in [5, 5.41) is 29.5. The number of carbonyl (C=O) groups is 2. The number of fused-ring (bicyclic) bond motifs is 3. The smallest absolute Gasteiger partial charge is 0.332 e. The van der Waals surface area contributed by atoms with Crippen molar-refractivity contribution in [3.63, 3.8) is 0 Å². The van der Waals surface area contributed by atoms with Crippen molar-refractivity contribution in [3.05, 3.63) is 105 Å². The van der Waals surface area contributed by atoms with Gasteiger partial charge in [-0.2, -0.15) is 15.8 Å². The fourth-order valence-corrected chi connectivity index (χ4v) is 6.18. The topological polar surface area (TPSA) is 197 Å². The number of methoxy groups -OCH3 is 2. The van der Waals surface area contributed by atoms with Gasteiger partial charge in [0.15, 0.2) is 0 Å². The molecule has 0 bridgehead atoms. The van der Waals surface area contributed by atoms with Crippen LogP contribution in [0.1, 0.15) is 94.4 Å². The van der Waals surface area contributed by atoms with E-state index in [9.17, 15) is 9.59 Å². The quantitative estimate of drug-likeness (QED) is 0.315. The van der Waals surface area contributed by atoms with E-state index in [1.165, 1.54) is 14.2 Å². The number of nitriles is 3. The fourth-order valence-electron chi connectivity index (χ4n) is 6.18. The van der Waals surface area contributed by atoms with Gasteiger partial charge in [-0.05, 0) is 97.0 Å². The molecule has 3 aromatic carbocycles. The van der Waals surface area contributed by atoms with Gasteiger partial charge < -0.3 is 31.0 Å². The van der Waals surface area contributed by atoms with E-state index in [2.05, 4.69) is 33.0 Å². The van der Waals surface area contributed by atoms with Crippen LogP contribution in [0.25, 0.3) is 0 Å². The number of benzene rings is 3. The van der Waals surface area contributed by atoms with Crippen LogP contribution in [0.4, 0.5) is 0 Å². The van der Waals surface area contributed by atoms with Crippen molar-refractivity contribution in [1.82, 2.24) is 5.32 Å². The van der Waals surface area contributed by atoms with Crippen LogP contribution in [-0.2, 0) is 43.1 Å². The Morgan fingerprint density at radius 2 is 1.14 bits per heavy atom. The van der Waals surface area contributed by atoms with Gasteiger partial charge >= 0.3 is 5.97 Å². The molecule has 0 saturated carbocycles. The van der Waals surface area contributed by atoms with Crippen molar-refractivity contribution in [1.29, 1.82) is 15.8 Å². The van der Waals surface area contributed by atoms with E-state index in [0.717, 1.165) is 83.0 Å². The number of carbonyl (C=O) groups excluding carboxylic acids is 2. The molecule has 11 nitrogen and oxygen atoms in total. The minimum absolute atomic E-state index is 0.0148. The number of rotatable bonds is 6. The van der Waals surface area contributed by atoms with Crippen molar-refractivity contribution in [2.24, 2.45) is 11.5 Å². The maximum atomic E-state index is 11.5. The van der Waals surface area contributed by atoms with Crippen LogP contribution in [0.3, 0.4) is 0 Å². The van der Waals surface area contributed by atoms with Crippen LogP contribution < -0.4 is 16.8 Å². The van der Waals surface area contributed by atoms with Crippen molar-refractivity contribution in [3.8, 4) is 18.2 Å². The predicted molar refractivity (Wildman–Crippen MR) is 184 cm³/mol. The highest BCUT2D eigenvalue weighted by Crippen LogP contribution is 2.33. The first-order valence-corrected chi connectivity index (χ1v) is 16.2. The van der Waals surface area contributed by atoms with E-state index in [1.54, 1.807) is 6.92 Å². The van der Waals surface area contributed by atoms with Crippen LogP contribution in [0, 0.1) is 34.0 Å². The highest BCUT2D eigenvalue weighted by molar-refractivity contribution is 5.78. The van der Waals surface area contributed by atoms with Crippen molar-refractivity contribution < 1.29 is 23.8 Å². The zero-order chi connectivity index (χ0) is 35.8. The maximum absolute atomic E-state index is 11.5. The standard InChI is InChI=1S/C13H14N2O2.2C10H10N2.C5H10O3/c1-17-8-13(16)15-12-6-5-10-9(7-14)3-2-4-11(10)12;2*11-6-7-2-1-3-9-8(7)4-5-10(9)12;1-3-8-5(6)4-7-2/h2-4,12H,5-6,8H2,1H3,(H,15,16);2*1-3,10H,4-5,12H2;3-4H2,1-2H3/t12-;10-;;/m10../s1. The molecule has 3 aliphatic carbocycles. The Labute approximate surface area is 288 Å². The van der Waals surface area contributed by atoms with Crippen molar-refractivity contribution >= 4 is 11.9 Å². The Kier molecular flexibility index (Phi) is 15.4. The van der Waals surface area contributed by atoms with E-state index in [0.29, 0.717) is 12.2 Å². The average molecular weight is 665 g/mol. The van der Waals surface area contributed by atoms with E-state index in [1.807, 2.05) is 54.6 Å². The van der Waals surface area contributed by atoms with E-state index in [-0.39, 0.29) is 43.2 Å². The SMILES string of the molecule is CCOC(=O)COC.COCC(=O)N[C@@H]1CCc2c(C#N)cccc21.N#Cc1cccc2c1CCC2N.N#Cc1cccc2c1CC[C@@H]2N. The zero-order valence-corrected chi connectivity index (χ0v) is 28.3. The maximum Gasteiger partial charge on any atom is 0.332 e. The third kappa shape index (κ3) is 10.4. The van der Waals surface area contributed by atoms with E-state index in [4.69, 9.17) is 32.0 Å². The molecule has 11 heteroatoms. The third-order valence-electron chi connectivity index (χ3n) is 8.44. The third-order valence-corrected chi connectivity index (χ3v) is 8.44. The van der Waals surface area contributed by atoms with Gasteiger partial charge in [-0.1, -0.05) is 36.4 Å².